The predicted molar refractivity (Wildman–Crippen MR) is 97.2 cm³/mol. The largest absolute Gasteiger partial charge is 0.444 e. The van der Waals surface area contributed by atoms with Crippen LogP contribution in [-0.2, 0) is 9.47 Å². The highest BCUT2D eigenvalue weighted by atomic mass is 32.2. The molecule has 6 heteroatoms. The van der Waals surface area contributed by atoms with Gasteiger partial charge in [-0.05, 0) is 46.8 Å². The van der Waals surface area contributed by atoms with Gasteiger partial charge in [0.15, 0.2) is 0 Å². The van der Waals surface area contributed by atoms with Gasteiger partial charge in [-0.1, -0.05) is 6.92 Å². The van der Waals surface area contributed by atoms with E-state index in [4.69, 9.17) is 9.47 Å². The van der Waals surface area contributed by atoms with Crippen LogP contribution in [0.15, 0.2) is 0 Å². The van der Waals surface area contributed by atoms with Crippen LogP contribution in [-0.4, -0.2) is 66.0 Å². The van der Waals surface area contributed by atoms with E-state index in [0.29, 0.717) is 31.8 Å². The Morgan fingerprint density at radius 2 is 2.09 bits per heavy atom. The first-order chi connectivity index (χ1) is 10.7. The molecule has 0 aromatic rings. The second-order valence-electron chi connectivity index (χ2n) is 7.27. The van der Waals surface area contributed by atoms with Gasteiger partial charge in [0.1, 0.15) is 5.60 Å². The molecule has 1 fully saturated rings. The van der Waals surface area contributed by atoms with Crippen LogP contribution >= 0.6 is 11.8 Å². The zero-order valence-electron chi connectivity index (χ0n) is 15.6. The first-order valence-electron chi connectivity index (χ1n) is 8.64. The van der Waals surface area contributed by atoms with Gasteiger partial charge < -0.3 is 19.7 Å². The highest BCUT2D eigenvalue weighted by Crippen LogP contribution is 2.18. The molecule has 0 aliphatic carbocycles. The van der Waals surface area contributed by atoms with Crippen molar-refractivity contribution >= 4 is 17.9 Å². The third kappa shape index (κ3) is 8.27. The van der Waals surface area contributed by atoms with Crippen molar-refractivity contribution in [1.82, 2.24) is 10.2 Å². The molecule has 0 aromatic carbocycles. The fourth-order valence-electron chi connectivity index (χ4n) is 2.72. The number of carbonyl (C=O) groups excluding carboxylic acids is 1. The van der Waals surface area contributed by atoms with Crippen LogP contribution in [0.25, 0.3) is 0 Å². The molecule has 1 heterocycles. The Bertz CT molecular complexity index is 360. The molecule has 1 rings (SSSR count). The number of thioether (sulfide) groups is 1. The summed E-state index contributed by atoms with van der Waals surface area (Å²) < 4.78 is 11.1. The number of nitrogens with one attached hydrogen (secondary N) is 1. The van der Waals surface area contributed by atoms with Crippen molar-refractivity contribution in [3.05, 3.63) is 0 Å². The predicted octanol–water partition coefficient (Wildman–Crippen LogP) is 3.13. The summed E-state index contributed by atoms with van der Waals surface area (Å²) >= 11 is 1.94. The van der Waals surface area contributed by atoms with E-state index in [2.05, 4.69) is 26.1 Å². The molecule has 3 atom stereocenters. The molecule has 1 amide bonds. The quantitative estimate of drug-likeness (QED) is 0.767. The number of ether oxygens (including phenoxy) is 2. The van der Waals surface area contributed by atoms with E-state index < -0.39 is 5.60 Å². The van der Waals surface area contributed by atoms with Crippen molar-refractivity contribution in [3.63, 3.8) is 0 Å². The highest BCUT2D eigenvalue weighted by Gasteiger charge is 2.32. The monoisotopic (exact) mass is 346 g/mol. The molecule has 0 bridgehead atoms. The molecule has 0 radical (unpaired) electrons. The zero-order valence-corrected chi connectivity index (χ0v) is 16.4. The Morgan fingerprint density at radius 1 is 1.39 bits per heavy atom. The van der Waals surface area contributed by atoms with Crippen LogP contribution in [0.1, 0.15) is 48.0 Å². The molecule has 1 N–H and O–H groups in total. The number of hydrogen-bond donors (Lipinski definition) is 1. The minimum absolute atomic E-state index is 0.0760. The molecule has 3 unspecified atom stereocenters. The fourth-order valence-corrected chi connectivity index (χ4v) is 3.40. The molecular weight excluding hydrogens is 312 g/mol. The lowest BCUT2D eigenvalue weighted by Gasteiger charge is -2.38. The second kappa shape index (κ2) is 9.74. The van der Waals surface area contributed by atoms with Gasteiger partial charge >= 0.3 is 6.09 Å². The average molecular weight is 347 g/mol. The number of hydrogen-bond acceptors (Lipinski definition) is 5. The van der Waals surface area contributed by atoms with Crippen LogP contribution in [0.3, 0.4) is 0 Å². The third-order valence-electron chi connectivity index (χ3n) is 3.62. The van der Waals surface area contributed by atoms with Crippen molar-refractivity contribution in [1.29, 1.82) is 0 Å². The molecule has 136 valence electrons. The van der Waals surface area contributed by atoms with E-state index in [-0.39, 0.29) is 12.1 Å². The Kier molecular flexibility index (Phi) is 8.72. The molecular formula is C17H34N2O3S. The maximum absolute atomic E-state index is 12.4. The van der Waals surface area contributed by atoms with Crippen LogP contribution in [0.2, 0.25) is 0 Å². The second-order valence-corrected chi connectivity index (χ2v) is 8.59. The van der Waals surface area contributed by atoms with Gasteiger partial charge in [-0.2, -0.15) is 11.8 Å². The number of nitrogens with zero attached hydrogens (tertiary/aromatic N) is 1. The van der Waals surface area contributed by atoms with E-state index in [1.54, 1.807) is 0 Å². The average Bonchev–Trinajstić information content (AvgIpc) is 2.43. The van der Waals surface area contributed by atoms with Gasteiger partial charge in [0.05, 0.1) is 19.3 Å². The topological polar surface area (TPSA) is 50.8 Å². The first-order valence-corrected chi connectivity index (χ1v) is 9.79. The number of rotatable bonds is 7. The molecule has 1 aliphatic rings. The van der Waals surface area contributed by atoms with Crippen LogP contribution in [0, 0.1) is 0 Å². The summed E-state index contributed by atoms with van der Waals surface area (Å²) in [4.78, 5) is 14.2. The molecule has 0 spiro atoms. The standard InChI is InChI=1S/C17H34N2O3S/c1-7-23-12-14(3)18-13(2)10-15-11-21-9-8-19(15)16(20)22-17(4,5)6/h13-15,18H,7-12H2,1-6H3. The van der Waals surface area contributed by atoms with E-state index in [9.17, 15) is 4.79 Å². The van der Waals surface area contributed by atoms with Gasteiger partial charge in [-0.25, -0.2) is 4.79 Å². The van der Waals surface area contributed by atoms with Crippen LogP contribution in [0.4, 0.5) is 4.79 Å². The summed E-state index contributed by atoms with van der Waals surface area (Å²) in [6, 6.07) is 0.876. The first kappa shape index (κ1) is 20.6. The van der Waals surface area contributed by atoms with Crippen molar-refractivity contribution in [2.45, 2.75) is 71.7 Å². The highest BCUT2D eigenvalue weighted by molar-refractivity contribution is 7.99. The van der Waals surface area contributed by atoms with Crippen molar-refractivity contribution in [2.75, 3.05) is 31.3 Å². The molecule has 5 nitrogen and oxygen atoms in total. The van der Waals surface area contributed by atoms with E-state index in [1.807, 2.05) is 37.4 Å². The smallest absolute Gasteiger partial charge is 0.410 e. The zero-order chi connectivity index (χ0) is 17.5. The summed E-state index contributed by atoms with van der Waals surface area (Å²) in [7, 11) is 0. The summed E-state index contributed by atoms with van der Waals surface area (Å²) in [5.41, 5.74) is -0.463. The van der Waals surface area contributed by atoms with Gasteiger partial charge in [0.25, 0.3) is 0 Å². The summed E-state index contributed by atoms with van der Waals surface area (Å²) in [5.74, 6) is 2.25. The number of amides is 1. The van der Waals surface area contributed by atoms with Gasteiger partial charge in [0.2, 0.25) is 0 Å². The maximum Gasteiger partial charge on any atom is 0.410 e. The Balaban J connectivity index is 2.52. The Morgan fingerprint density at radius 3 is 2.70 bits per heavy atom. The molecule has 1 aliphatic heterocycles. The minimum atomic E-state index is -0.463. The maximum atomic E-state index is 12.4. The summed E-state index contributed by atoms with van der Waals surface area (Å²) in [5, 5.41) is 3.61. The van der Waals surface area contributed by atoms with Crippen molar-refractivity contribution in [2.24, 2.45) is 0 Å². The fraction of sp³-hybridized carbons (Fsp3) is 0.941. The number of morpholine rings is 1. The molecule has 0 saturated carbocycles. The SMILES string of the molecule is CCSCC(C)NC(C)CC1COCCN1C(=O)OC(C)(C)C. The minimum Gasteiger partial charge on any atom is -0.444 e. The van der Waals surface area contributed by atoms with Gasteiger partial charge in [-0.3, -0.25) is 0 Å². The molecule has 23 heavy (non-hydrogen) atoms. The van der Waals surface area contributed by atoms with E-state index in [0.717, 1.165) is 17.9 Å². The third-order valence-corrected chi connectivity index (χ3v) is 4.77. The summed E-state index contributed by atoms with van der Waals surface area (Å²) in [6.07, 6.45) is 0.646. The van der Waals surface area contributed by atoms with Gasteiger partial charge in [-0.15, -0.1) is 0 Å². The summed E-state index contributed by atoms with van der Waals surface area (Å²) in [6.45, 7) is 14.0. The van der Waals surface area contributed by atoms with Crippen molar-refractivity contribution in [3.8, 4) is 0 Å². The van der Waals surface area contributed by atoms with Crippen LogP contribution in [0.5, 0.6) is 0 Å². The van der Waals surface area contributed by atoms with E-state index >= 15 is 0 Å². The number of carbonyl (C=O) groups is 1. The lowest BCUT2D eigenvalue weighted by molar-refractivity contribution is -0.0356. The molecule has 1 saturated heterocycles. The normalized spacial score (nSPS) is 21.8. The Hall–Kier alpha value is -0.460. The van der Waals surface area contributed by atoms with Crippen LogP contribution < -0.4 is 5.32 Å². The molecule has 0 aromatic heterocycles. The Labute approximate surface area is 145 Å². The lowest BCUT2D eigenvalue weighted by atomic mass is 10.1. The van der Waals surface area contributed by atoms with E-state index in [1.165, 1.54) is 0 Å². The van der Waals surface area contributed by atoms with Crippen molar-refractivity contribution < 1.29 is 14.3 Å². The lowest BCUT2D eigenvalue weighted by Crippen LogP contribution is -2.52. The van der Waals surface area contributed by atoms with Gasteiger partial charge in [0, 0.05) is 24.4 Å².